The molecule has 0 fully saturated rings. The number of benzene rings is 2. The van der Waals surface area contributed by atoms with Crippen LogP contribution >= 0.6 is 0 Å². The van der Waals surface area contributed by atoms with Crippen molar-refractivity contribution in [2.75, 3.05) is 11.9 Å². The third-order valence-electron chi connectivity index (χ3n) is 5.71. The van der Waals surface area contributed by atoms with Crippen LogP contribution in [0.5, 0.6) is 0 Å². The van der Waals surface area contributed by atoms with Crippen molar-refractivity contribution in [3.05, 3.63) is 77.4 Å². The number of rotatable bonds is 2. The Morgan fingerprint density at radius 1 is 0.962 bits per heavy atom. The molecule has 5 nitrogen and oxygen atoms in total. The summed E-state index contributed by atoms with van der Waals surface area (Å²) in [7, 11) is 1.84. The van der Waals surface area contributed by atoms with Crippen LogP contribution in [0.4, 0.5) is 5.69 Å². The fourth-order valence-corrected chi connectivity index (χ4v) is 4.37. The average Bonchev–Trinajstić information content (AvgIpc) is 3.31. The molecule has 0 saturated carbocycles. The van der Waals surface area contributed by atoms with E-state index in [1.54, 1.807) is 11.2 Å². The summed E-state index contributed by atoms with van der Waals surface area (Å²) < 4.78 is 2.06. The molecule has 0 saturated heterocycles. The zero-order valence-corrected chi connectivity index (χ0v) is 14.7. The molecule has 1 aromatic heterocycles. The Morgan fingerprint density at radius 3 is 2.42 bits per heavy atom. The van der Waals surface area contributed by atoms with Gasteiger partial charge in [0.2, 0.25) is 5.91 Å². The Kier molecular flexibility index (Phi) is 3.42. The lowest BCUT2D eigenvalue weighted by molar-refractivity contribution is -0.118. The Labute approximate surface area is 152 Å². The lowest BCUT2D eigenvalue weighted by Gasteiger charge is -2.31. The van der Waals surface area contributed by atoms with Gasteiger partial charge in [-0.25, -0.2) is 9.67 Å². The number of nitrogens with zero attached hydrogens (tertiary/aromatic N) is 4. The van der Waals surface area contributed by atoms with Gasteiger partial charge in [0.05, 0.1) is 12.0 Å². The third kappa shape index (κ3) is 2.27. The van der Waals surface area contributed by atoms with Crippen molar-refractivity contribution in [3.8, 4) is 0 Å². The van der Waals surface area contributed by atoms with E-state index in [1.165, 1.54) is 11.1 Å². The van der Waals surface area contributed by atoms with Crippen LogP contribution in [0.25, 0.3) is 0 Å². The quantitative estimate of drug-likeness (QED) is 0.718. The number of hydrogen-bond donors (Lipinski definition) is 0. The maximum Gasteiger partial charge on any atom is 0.227 e. The van der Waals surface area contributed by atoms with E-state index in [0.717, 1.165) is 29.9 Å². The molecule has 5 heteroatoms. The molecule has 3 aromatic rings. The van der Waals surface area contributed by atoms with E-state index in [9.17, 15) is 4.79 Å². The Morgan fingerprint density at radius 2 is 1.65 bits per heavy atom. The fourth-order valence-electron chi connectivity index (χ4n) is 4.37. The fraction of sp³-hybridized carbons (Fsp3) is 0.286. The first kappa shape index (κ1) is 15.3. The summed E-state index contributed by atoms with van der Waals surface area (Å²) in [5.41, 5.74) is 4.90. The molecule has 2 aliphatic rings. The Bertz CT molecular complexity index is 968. The predicted molar refractivity (Wildman–Crippen MR) is 99.2 cm³/mol. The number of carbonyl (C=O) groups excluding carboxylic acids is 1. The third-order valence-corrected chi connectivity index (χ3v) is 5.71. The lowest BCUT2D eigenvalue weighted by atomic mass is 9.88. The molecule has 1 amide bonds. The number of amides is 1. The van der Waals surface area contributed by atoms with Crippen LogP contribution in [-0.4, -0.2) is 27.7 Å². The Hall–Kier alpha value is -2.95. The minimum atomic E-state index is -0.0406. The predicted octanol–water partition coefficient (Wildman–Crippen LogP) is 3.12. The van der Waals surface area contributed by atoms with E-state index in [1.807, 2.05) is 25.2 Å². The van der Waals surface area contributed by atoms with Crippen molar-refractivity contribution < 1.29 is 4.79 Å². The first-order valence-electron chi connectivity index (χ1n) is 9.04. The summed E-state index contributed by atoms with van der Waals surface area (Å²) in [6, 6.07) is 17.0. The molecule has 0 spiro atoms. The first-order valence-corrected chi connectivity index (χ1v) is 9.04. The highest BCUT2D eigenvalue weighted by Gasteiger charge is 2.35. The van der Waals surface area contributed by atoms with Gasteiger partial charge in [0.15, 0.2) is 0 Å². The number of hydrogen-bond acceptors (Lipinski definition) is 3. The van der Waals surface area contributed by atoms with Crippen molar-refractivity contribution in [3.63, 3.8) is 0 Å². The Balaban J connectivity index is 1.55. The summed E-state index contributed by atoms with van der Waals surface area (Å²) >= 11 is 0. The molecule has 1 aliphatic carbocycles. The van der Waals surface area contributed by atoms with Gasteiger partial charge in [-0.05, 0) is 35.6 Å². The topological polar surface area (TPSA) is 51.0 Å². The molecule has 0 N–H and O–H groups in total. The molecule has 1 atom stereocenters. The molecule has 2 heterocycles. The first-order chi connectivity index (χ1) is 12.7. The van der Waals surface area contributed by atoms with Crippen molar-refractivity contribution in [1.29, 1.82) is 0 Å². The number of carbonyl (C=O) groups is 1. The molecule has 1 aliphatic heterocycles. The highest BCUT2D eigenvalue weighted by atomic mass is 16.2. The molecule has 0 unspecified atom stereocenters. The maximum absolute atomic E-state index is 12.5. The van der Waals surface area contributed by atoms with E-state index in [4.69, 9.17) is 0 Å². The van der Waals surface area contributed by atoms with Gasteiger partial charge < -0.3 is 4.90 Å². The molecular formula is C21H20N4O. The van der Waals surface area contributed by atoms with Crippen LogP contribution in [0.2, 0.25) is 0 Å². The molecule has 2 aromatic carbocycles. The highest BCUT2D eigenvalue weighted by molar-refractivity contribution is 5.97. The molecule has 130 valence electrons. The largest absolute Gasteiger partial charge is 0.315 e. The highest BCUT2D eigenvalue weighted by Crippen LogP contribution is 2.40. The molecule has 0 bridgehead atoms. The molecule has 0 radical (unpaired) electrons. The van der Waals surface area contributed by atoms with Crippen molar-refractivity contribution in [1.82, 2.24) is 14.8 Å². The van der Waals surface area contributed by atoms with Gasteiger partial charge in [0.1, 0.15) is 12.2 Å². The summed E-state index contributed by atoms with van der Waals surface area (Å²) in [5.74, 6) is 0.982. The van der Waals surface area contributed by atoms with Crippen LogP contribution in [-0.2, 0) is 17.6 Å². The number of aromatic nitrogens is 3. The zero-order chi connectivity index (χ0) is 17.7. The van der Waals surface area contributed by atoms with E-state index in [2.05, 4.69) is 45.1 Å². The lowest BCUT2D eigenvalue weighted by Crippen LogP contribution is -2.34. The summed E-state index contributed by atoms with van der Waals surface area (Å²) in [5, 5.41) is 4.55. The monoisotopic (exact) mass is 344 g/mol. The summed E-state index contributed by atoms with van der Waals surface area (Å²) in [6.07, 6.45) is 4.00. The number of anilines is 1. The molecule has 26 heavy (non-hydrogen) atoms. The SMILES string of the molecule is CN1C(=O)C[C@@H](c2ncnn2C2Cc3ccccc3C2)c2ccccc21. The van der Waals surface area contributed by atoms with Crippen molar-refractivity contribution >= 4 is 11.6 Å². The van der Waals surface area contributed by atoms with E-state index in [0.29, 0.717) is 6.42 Å². The van der Waals surface area contributed by atoms with Crippen LogP contribution in [0.15, 0.2) is 54.9 Å². The number of fused-ring (bicyclic) bond motifs is 2. The normalized spacial score (nSPS) is 19.5. The maximum atomic E-state index is 12.5. The van der Waals surface area contributed by atoms with Crippen LogP contribution < -0.4 is 4.90 Å². The van der Waals surface area contributed by atoms with Gasteiger partial charge in [-0.2, -0.15) is 5.10 Å². The van der Waals surface area contributed by atoms with Gasteiger partial charge in [-0.1, -0.05) is 42.5 Å². The van der Waals surface area contributed by atoms with Crippen LogP contribution in [0.3, 0.4) is 0 Å². The second-order valence-corrected chi connectivity index (χ2v) is 7.16. The standard InChI is InChI=1S/C21H20N4O/c1-24-19-9-5-4-8-17(19)18(12-20(24)26)21-22-13-23-25(21)16-10-14-6-2-3-7-15(14)11-16/h2-9,13,16,18H,10-12H2,1H3/t18-/m1/s1. The summed E-state index contributed by atoms with van der Waals surface area (Å²) in [6.45, 7) is 0. The second-order valence-electron chi connectivity index (χ2n) is 7.16. The van der Waals surface area contributed by atoms with Crippen molar-refractivity contribution in [2.24, 2.45) is 0 Å². The van der Waals surface area contributed by atoms with Gasteiger partial charge in [-0.15, -0.1) is 0 Å². The average molecular weight is 344 g/mol. The minimum Gasteiger partial charge on any atom is -0.315 e. The minimum absolute atomic E-state index is 0.0406. The van der Waals surface area contributed by atoms with Gasteiger partial charge in [-0.3, -0.25) is 4.79 Å². The van der Waals surface area contributed by atoms with Crippen LogP contribution in [0, 0.1) is 0 Å². The molecular weight excluding hydrogens is 324 g/mol. The van der Waals surface area contributed by atoms with Crippen LogP contribution in [0.1, 0.15) is 40.9 Å². The smallest absolute Gasteiger partial charge is 0.227 e. The van der Waals surface area contributed by atoms with Gasteiger partial charge >= 0.3 is 0 Å². The van der Waals surface area contributed by atoms with Gasteiger partial charge in [0.25, 0.3) is 0 Å². The number of para-hydroxylation sites is 1. The second kappa shape index (κ2) is 5.80. The van der Waals surface area contributed by atoms with E-state index < -0.39 is 0 Å². The zero-order valence-electron chi connectivity index (χ0n) is 14.7. The van der Waals surface area contributed by atoms with Gasteiger partial charge in [0, 0.05) is 19.2 Å². The van der Waals surface area contributed by atoms with Crippen molar-refractivity contribution in [2.45, 2.75) is 31.2 Å². The van der Waals surface area contributed by atoms with E-state index >= 15 is 0 Å². The summed E-state index contributed by atoms with van der Waals surface area (Å²) in [4.78, 5) is 18.9. The molecule has 5 rings (SSSR count). The van der Waals surface area contributed by atoms with E-state index in [-0.39, 0.29) is 17.9 Å².